The van der Waals surface area contributed by atoms with Crippen LogP contribution in [0.2, 0.25) is 5.02 Å². The monoisotopic (exact) mass is 509 g/mol. The molecule has 0 saturated heterocycles. The maximum Gasteiger partial charge on any atom is 0.251 e. The van der Waals surface area contributed by atoms with E-state index in [1.54, 1.807) is 12.4 Å². The quantitative estimate of drug-likeness (QED) is 0.264. The summed E-state index contributed by atoms with van der Waals surface area (Å²) in [5, 5.41) is 3.66. The summed E-state index contributed by atoms with van der Waals surface area (Å²) < 4.78 is 6.18. The molecule has 3 aromatic carbocycles. The molecule has 1 N–H and O–H groups in total. The minimum absolute atomic E-state index is 0.130. The zero-order valence-electron chi connectivity index (χ0n) is 20.7. The molecule has 1 atom stereocenters. The minimum atomic E-state index is -0.130. The molecule has 5 heteroatoms. The standard InChI is InChI=1S/C32H30ClN2O2/c33-29-12-8-26(9-13-29)31-20-27(32(36)35-21-23-16-18-34-19-17-23)6-7-28(31)22-37-30-14-10-25(11-15-30)24-4-2-1-3-5-24/h4,6-20,24H,1-3,5,21-22H2,(H,35,36). The highest BCUT2D eigenvalue weighted by molar-refractivity contribution is 6.30. The molecule has 1 amide bonds. The van der Waals surface area contributed by atoms with Gasteiger partial charge in [0.2, 0.25) is 0 Å². The fourth-order valence-electron chi connectivity index (χ4n) is 4.75. The lowest BCUT2D eigenvalue weighted by Crippen LogP contribution is -2.23. The fraction of sp³-hybridized carbons (Fsp3) is 0.219. The Labute approximate surface area is 223 Å². The van der Waals surface area contributed by atoms with E-state index in [4.69, 9.17) is 16.3 Å². The molecule has 1 saturated carbocycles. The normalized spacial score (nSPS) is 13.8. The van der Waals surface area contributed by atoms with E-state index < -0.39 is 0 Å². The molecule has 0 aliphatic heterocycles. The molecule has 0 bridgehead atoms. The zero-order valence-corrected chi connectivity index (χ0v) is 21.5. The lowest BCUT2D eigenvalue weighted by molar-refractivity contribution is 0.0951. The molecule has 1 unspecified atom stereocenters. The van der Waals surface area contributed by atoms with Crippen molar-refractivity contribution in [2.24, 2.45) is 0 Å². The van der Waals surface area contributed by atoms with Gasteiger partial charge in [-0.3, -0.25) is 9.78 Å². The van der Waals surface area contributed by atoms with E-state index in [2.05, 4.69) is 41.0 Å². The second-order valence-corrected chi connectivity index (χ2v) is 9.84. The highest BCUT2D eigenvalue weighted by atomic mass is 35.5. The van der Waals surface area contributed by atoms with Crippen LogP contribution >= 0.6 is 11.6 Å². The first kappa shape index (κ1) is 25.0. The van der Waals surface area contributed by atoms with Gasteiger partial charge in [0.1, 0.15) is 12.4 Å². The number of carbonyl (C=O) groups excluding carboxylic acids is 1. The van der Waals surface area contributed by atoms with Gasteiger partial charge in [-0.15, -0.1) is 0 Å². The Morgan fingerprint density at radius 3 is 2.46 bits per heavy atom. The minimum Gasteiger partial charge on any atom is -0.489 e. The van der Waals surface area contributed by atoms with Crippen LogP contribution in [-0.4, -0.2) is 10.9 Å². The highest BCUT2D eigenvalue weighted by Crippen LogP contribution is 2.33. The number of halogens is 1. The number of carbonyl (C=O) groups is 1. The molecule has 187 valence electrons. The fourth-order valence-corrected chi connectivity index (χ4v) is 4.87. The molecular formula is C32H30ClN2O2. The zero-order chi connectivity index (χ0) is 25.5. The number of pyridine rings is 1. The molecule has 4 aromatic rings. The second-order valence-electron chi connectivity index (χ2n) is 9.40. The number of benzene rings is 3. The largest absolute Gasteiger partial charge is 0.489 e. The van der Waals surface area contributed by atoms with Gasteiger partial charge in [-0.05, 0) is 102 Å². The molecule has 1 aromatic heterocycles. The van der Waals surface area contributed by atoms with E-state index in [1.807, 2.05) is 54.6 Å². The number of nitrogens with one attached hydrogen (secondary N) is 1. The Hall–Kier alpha value is -3.63. The second kappa shape index (κ2) is 12.1. The number of hydrogen-bond donors (Lipinski definition) is 1. The van der Waals surface area contributed by atoms with Crippen molar-refractivity contribution in [1.29, 1.82) is 0 Å². The van der Waals surface area contributed by atoms with Crippen LogP contribution in [0.1, 0.15) is 58.6 Å². The summed E-state index contributed by atoms with van der Waals surface area (Å²) in [5.41, 5.74) is 5.87. The average molecular weight is 510 g/mol. The van der Waals surface area contributed by atoms with Crippen molar-refractivity contribution in [3.8, 4) is 16.9 Å². The molecule has 1 heterocycles. The third kappa shape index (κ3) is 6.58. The van der Waals surface area contributed by atoms with E-state index in [9.17, 15) is 4.79 Å². The van der Waals surface area contributed by atoms with Crippen molar-refractivity contribution in [3.63, 3.8) is 0 Å². The number of ether oxygens (including phenoxy) is 1. The SMILES string of the molecule is O=C(NCc1ccncc1)c1ccc(COc2ccc(C3[CH]CCCC3)cc2)c(-c2ccc(Cl)cc2)c1. The first-order chi connectivity index (χ1) is 18.2. The van der Waals surface area contributed by atoms with Crippen LogP contribution in [0.5, 0.6) is 5.75 Å². The predicted molar refractivity (Wildman–Crippen MR) is 149 cm³/mol. The summed E-state index contributed by atoms with van der Waals surface area (Å²) in [6.07, 6.45) is 10.9. The molecule has 4 nitrogen and oxygen atoms in total. The maximum atomic E-state index is 12.9. The third-order valence-corrected chi connectivity index (χ3v) is 7.10. The van der Waals surface area contributed by atoms with Crippen LogP contribution in [0, 0.1) is 6.42 Å². The van der Waals surface area contributed by atoms with Gasteiger partial charge in [-0.2, -0.15) is 0 Å². The predicted octanol–water partition coefficient (Wildman–Crippen LogP) is 7.77. The summed E-state index contributed by atoms with van der Waals surface area (Å²) in [5.74, 6) is 1.26. The van der Waals surface area contributed by atoms with Crippen molar-refractivity contribution in [2.45, 2.75) is 44.8 Å². The Balaban J connectivity index is 1.32. The molecule has 5 rings (SSSR count). The molecular weight excluding hydrogens is 480 g/mol. The van der Waals surface area contributed by atoms with Gasteiger partial charge in [0.25, 0.3) is 5.91 Å². The van der Waals surface area contributed by atoms with Gasteiger partial charge in [0, 0.05) is 29.5 Å². The maximum absolute atomic E-state index is 12.9. The summed E-state index contributed by atoms with van der Waals surface area (Å²) in [7, 11) is 0. The molecule has 1 aliphatic rings. The lowest BCUT2D eigenvalue weighted by atomic mass is 9.84. The van der Waals surface area contributed by atoms with Crippen LogP contribution in [0.4, 0.5) is 0 Å². The summed E-state index contributed by atoms with van der Waals surface area (Å²) in [4.78, 5) is 16.9. The van der Waals surface area contributed by atoms with E-state index in [0.717, 1.165) is 28.0 Å². The van der Waals surface area contributed by atoms with Gasteiger partial charge in [0.05, 0.1) is 0 Å². The van der Waals surface area contributed by atoms with Crippen molar-refractivity contribution in [3.05, 3.63) is 125 Å². The number of hydrogen-bond acceptors (Lipinski definition) is 3. The van der Waals surface area contributed by atoms with Gasteiger partial charge in [-0.1, -0.05) is 54.8 Å². The van der Waals surface area contributed by atoms with Crippen LogP contribution in [0.3, 0.4) is 0 Å². The molecule has 1 radical (unpaired) electrons. The molecule has 1 fully saturated rings. The molecule has 37 heavy (non-hydrogen) atoms. The number of nitrogens with zero attached hydrogens (tertiary/aromatic N) is 1. The van der Waals surface area contributed by atoms with Crippen molar-refractivity contribution >= 4 is 17.5 Å². The third-order valence-electron chi connectivity index (χ3n) is 6.85. The van der Waals surface area contributed by atoms with Gasteiger partial charge >= 0.3 is 0 Å². The lowest BCUT2D eigenvalue weighted by Gasteiger charge is -2.21. The van der Waals surface area contributed by atoms with Crippen LogP contribution in [-0.2, 0) is 13.2 Å². The Kier molecular flexibility index (Phi) is 8.17. The Morgan fingerprint density at radius 2 is 1.73 bits per heavy atom. The smallest absolute Gasteiger partial charge is 0.251 e. The van der Waals surface area contributed by atoms with Crippen LogP contribution in [0.15, 0.2) is 91.3 Å². The van der Waals surface area contributed by atoms with E-state index in [-0.39, 0.29) is 5.91 Å². The summed E-state index contributed by atoms with van der Waals surface area (Å²) in [6, 6.07) is 25.6. The van der Waals surface area contributed by atoms with Gasteiger partial charge < -0.3 is 10.1 Å². The Bertz CT molecular complexity index is 1320. The van der Waals surface area contributed by atoms with Gasteiger partial charge in [0.15, 0.2) is 0 Å². The van der Waals surface area contributed by atoms with Crippen LogP contribution < -0.4 is 10.1 Å². The highest BCUT2D eigenvalue weighted by Gasteiger charge is 2.16. The summed E-state index contributed by atoms with van der Waals surface area (Å²) in [6.45, 7) is 0.836. The first-order valence-electron chi connectivity index (χ1n) is 12.8. The molecule has 1 aliphatic carbocycles. The first-order valence-corrected chi connectivity index (χ1v) is 13.2. The average Bonchev–Trinajstić information content (AvgIpc) is 2.96. The van der Waals surface area contributed by atoms with E-state index in [1.165, 1.54) is 31.2 Å². The number of aromatic nitrogens is 1. The summed E-state index contributed by atoms with van der Waals surface area (Å²) >= 11 is 6.13. The van der Waals surface area contributed by atoms with Gasteiger partial charge in [-0.25, -0.2) is 0 Å². The topological polar surface area (TPSA) is 51.2 Å². The molecule has 0 spiro atoms. The number of amides is 1. The Morgan fingerprint density at radius 1 is 0.946 bits per heavy atom. The van der Waals surface area contributed by atoms with Crippen LogP contribution in [0.25, 0.3) is 11.1 Å². The van der Waals surface area contributed by atoms with Crippen molar-refractivity contribution < 1.29 is 9.53 Å². The van der Waals surface area contributed by atoms with Crippen molar-refractivity contribution in [1.82, 2.24) is 10.3 Å². The van der Waals surface area contributed by atoms with Crippen molar-refractivity contribution in [2.75, 3.05) is 0 Å². The number of rotatable bonds is 8. The van der Waals surface area contributed by atoms with E-state index >= 15 is 0 Å². The van der Waals surface area contributed by atoms with E-state index in [0.29, 0.717) is 29.7 Å².